The fraction of sp³-hybridized carbons (Fsp3) is 0.263. The molecule has 0 unspecified atom stereocenters. The molecule has 0 aliphatic carbocycles. The van der Waals surface area contributed by atoms with Gasteiger partial charge in [0, 0.05) is 43.5 Å². The first-order chi connectivity index (χ1) is 65.6. The molecule has 14 rings (SSSR count). The fourth-order valence-corrected chi connectivity index (χ4v) is 17.1. The molecule has 1 amide bonds. The summed E-state index contributed by atoms with van der Waals surface area (Å²) < 4.78 is 199. The Hall–Kier alpha value is -12.0. The molecule has 8 aromatic carbocycles. The molecule has 139 heavy (non-hydrogen) atoms. The number of nitrogens with one attached hydrogen (secondary N) is 1. The molecule has 0 fully saturated rings. The molecule has 40 heteroatoms. The van der Waals surface area contributed by atoms with Crippen molar-refractivity contribution in [1.82, 2.24) is 58.7 Å². The molecule has 3 N–H and O–H groups in total. The number of hydrogen-bond donors (Lipinski definition) is 2. The van der Waals surface area contributed by atoms with E-state index < -0.39 is 118 Å². The van der Waals surface area contributed by atoms with Crippen molar-refractivity contribution >= 4 is 85.4 Å². The minimum Gasteiger partial charge on any atom is -1.00 e. The number of amides is 1. The van der Waals surface area contributed by atoms with E-state index in [4.69, 9.17) is 31.5 Å². The number of carbonyl (C=O) groups excluding carboxylic acids is 2. The van der Waals surface area contributed by atoms with Crippen LogP contribution in [0.5, 0.6) is 17.2 Å². The van der Waals surface area contributed by atoms with Crippen molar-refractivity contribution < 1.29 is 137 Å². The number of halogens is 9. The molecule has 0 bridgehead atoms. The van der Waals surface area contributed by atoms with E-state index >= 15 is 0 Å². The van der Waals surface area contributed by atoms with Gasteiger partial charge >= 0.3 is 63.7 Å². The molecule has 6 aromatic heterocycles. The summed E-state index contributed by atoms with van der Waals surface area (Å²) in [5, 5.41) is 4.40. The maximum absolute atomic E-state index is 14.0. The number of carbonyl (C=O) groups is 2. The molecule has 0 aliphatic heterocycles. The number of hydrogen-bond acceptors (Lipinski definition) is 23. The summed E-state index contributed by atoms with van der Waals surface area (Å²) in [4.78, 5) is 95.0. The molecule has 6 heterocycles. The van der Waals surface area contributed by atoms with Gasteiger partial charge in [0.15, 0.2) is 46.5 Å². The van der Waals surface area contributed by atoms with Crippen molar-refractivity contribution in [1.29, 1.82) is 0 Å². The van der Waals surface area contributed by atoms with Gasteiger partial charge in [-0.3, -0.25) is 37.7 Å². The van der Waals surface area contributed by atoms with E-state index in [9.17, 15) is 84.3 Å². The van der Waals surface area contributed by atoms with E-state index in [0.717, 1.165) is 28.2 Å². The Morgan fingerprint density at radius 2 is 0.827 bits per heavy atom. The van der Waals surface area contributed by atoms with E-state index in [1.165, 1.54) is 70.7 Å². The zero-order valence-electron chi connectivity index (χ0n) is 78.6. The van der Waals surface area contributed by atoms with Crippen molar-refractivity contribution in [2.45, 2.75) is 120 Å². The third kappa shape index (κ3) is 31.0. The molecule has 3 atom stereocenters. The predicted molar refractivity (Wildman–Crippen MR) is 515 cm³/mol. The van der Waals surface area contributed by atoms with E-state index in [-0.39, 0.29) is 125 Å². The smallest absolute Gasteiger partial charge is 1.00 e. The molecule has 14 aromatic rings. The summed E-state index contributed by atoms with van der Waals surface area (Å²) in [5.41, 5.74) is 4.55. The Labute approximate surface area is 847 Å². The first-order valence-corrected chi connectivity index (χ1v) is 48.6. The Morgan fingerprint density at radius 1 is 0.482 bits per heavy atom. The number of sulfone groups is 3. The molecule has 27 nitrogen and oxygen atoms in total. The predicted octanol–water partition coefficient (Wildman–Crippen LogP) is 14.7. The van der Waals surface area contributed by atoms with Crippen LogP contribution in [-0.4, -0.2) is 154 Å². The van der Waals surface area contributed by atoms with Crippen LogP contribution >= 0.6 is 11.6 Å². The minimum absolute atomic E-state index is 0. The molecule has 0 saturated carbocycles. The Balaban J connectivity index is 0.000000252. The van der Waals surface area contributed by atoms with Crippen molar-refractivity contribution in [2.24, 2.45) is 5.73 Å². The largest absolute Gasteiger partial charge is 1.00 e. The monoisotopic (exact) mass is 2020 g/mol. The zero-order chi connectivity index (χ0) is 101. The van der Waals surface area contributed by atoms with Crippen molar-refractivity contribution in [3.63, 3.8) is 0 Å². The first-order valence-electron chi connectivity index (χ1n) is 43.3. The SMILES string of the molecule is C=CS(=O)(=O)c1ccccc1.CCN(CC)CC.CCOc1ccc(-n2c([C@@H](C)N(CCS(=O)(=O)c3ccccc3)C(=O)Cc3ccc(F)c(C(F)(F)F)c3)nc3ncccc3c2=O)cc1.CCOc1ccc(-n2c([C@@H](C)N)nc3ncccc3c2=O)cc1.CCOc1ccc(-n2c([C@@H](C)NCCS(=O)(=O)c3ccccc3)nc3ncccc3c2=O)cc1.O=C(Cl)Cc1ccc(F)c(C(F)(F)F)c1.[H-].[K+]. The van der Waals surface area contributed by atoms with Crippen molar-refractivity contribution in [3.8, 4) is 34.3 Å². The second-order valence-electron chi connectivity index (χ2n) is 30.2. The second-order valence-corrected chi connectivity index (χ2v) is 36.7. The third-order valence-corrected chi connectivity index (χ3v) is 25.8. The van der Waals surface area contributed by atoms with Gasteiger partial charge in [0.2, 0.25) is 11.1 Å². The van der Waals surface area contributed by atoms with Gasteiger partial charge in [0.25, 0.3) is 16.7 Å². The number of ether oxygens (including phenoxy) is 3. The maximum Gasteiger partial charge on any atom is 1.00 e. The van der Waals surface area contributed by atoms with Gasteiger partial charge < -0.3 is 36.5 Å². The maximum atomic E-state index is 14.0. The molecule has 0 aliphatic rings. The number of pyridine rings is 3. The van der Waals surface area contributed by atoms with Gasteiger partial charge in [-0.2, -0.15) is 26.3 Å². The van der Waals surface area contributed by atoms with E-state index in [2.05, 4.69) is 67.5 Å². The summed E-state index contributed by atoms with van der Waals surface area (Å²) in [6.45, 7) is 25.5. The average molecular weight is 2020 g/mol. The normalized spacial score (nSPS) is 12.1. The van der Waals surface area contributed by atoms with Crippen LogP contribution in [0.2, 0.25) is 0 Å². The fourth-order valence-electron chi connectivity index (χ4n) is 13.8. The number of aromatic nitrogens is 9. The van der Waals surface area contributed by atoms with Gasteiger partial charge in [-0.1, -0.05) is 94.1 Å². The van der Waals surface area contributed by atoms with E-state index in [1.54, 1.807) is 171 Å². The standard InChI is InChI=1S/C34H30F4N4O5S.C25H26N4O4S.C17H18N4O2.C9H5ClF4O.C8H8O2S.C6H15N.K.H/c1-3-47-25-14-12-24(13-15-25)42-32(40-31-27(33(42)44)10-7-17-39-31)22(2)41(18-19-48(45,46)26-8-5-4-6-9-26)30(43)21-23-11-16-29(35)28(20-23)34(36,37)38;1-3-33-20-13-11-19(12-14-20)29-24(28-23-22(25(29)30)10-7-15-27-23)18(2)26-16-17-34(31,32)21-8-5-4-6-9-21;1-3-23-13-8-6-12(7-9-13)21-16(11(2)18)20-15-14(17(21)22)5-4-10-19-15;10-8(15)4-5-1-2-7(11)6(3-5)9(12,13)14;1-2-11(9,10)8-6-4-3-5-7-8;1-4-7(5-2)6-3;;/h4-17,20,22H,3,18-19,21H2,1-2H3;4-15,18,26H,3,16-17H2,1-2H3;4-11H,3,18H2,1-2H3;1-3H,4H2;2-7H,1H2;4-6H2,1-3H3;;/q;;;;;;+1;-1/t22-;18-;11-;;;;;/m111...../s1. The second kappa shape index (κ2) is 52.3. The van der Waals surface area contributed by atoms with Crippen LogP contribution in [0.15, 0.2) is 296 Å². The van der Waals surface area contributed by atoms with Crippen molar-refractivity contribution in [2.75, 3.05) is 64.1 Å². The number of alkyl halides is 6. The number of nitrogens with zero attached hydrogens (tertiary/aromatic N) is 11. The molecular formula is C99H103ClF8KN13O14S3. The van der Waals surface area contributed by atoms with Gasteiger partial charge in [-0.25, -0.2) is 63.9 Å². The van der Waals surface area contributed by atoms with Crippen LogP contribution in [-0.2, 0) is 64.3 Å². The molecule has 0 saturated heterocycles. The molecule has 730 valence electrons. The first kappa shape index (κ1) is 112. The summed E-state index contributed by atoms with van der Waals surface area (Å²) in [6, 6.07) is 57.7. The topological polar surface area (TPSA) is 352 Å². The van der Waals surface area contributed by atoms with Crippen LogP contribution in [0, 0.1) is 11.6 Å². The average Bonchev–Trinajstić information content (AvgIpc) is 0.767. The van der Waals surface area contributed by atoms with E-state index in [0.29, 0.717) is 106 Å². The van der Waals surface area contributed by atoms with Gasteiger partial charge in [-0.15, -0.1) is 0 Å². The summed E-state index contributed by atoms with van der Waals surface area (Å²) >= 11 is 5.00. The quantitative estimate of drug-likeness (QED) is 0.0231. The van der Waals surface area contributed by atoms with Gasteiger partial charge in [0.05, 0.1) is 115 Å². The van der Waals surface area contributed by atoms with E-state index in [1.807, 2.05) is 52.0 Å². The van der Waals surface area contributed by atoms with Gasteiger partial charge in [0.1, 0.15) is 46.4 Å². The Bertz CT molecular complexity index is 7060. The van der Waals surface area contributed by atoms with Crippen LogP contribution in [0.25, 0.3) is 50.2 Å². The van der Waals surface area contributed by atoms with Gasteiger partial charge in [-0.05, 0) is 254 Å². The Morgan fingerprint density at radius 3 is 1.17 bits per heavy atom. The molecular weight excluding hydrogens is 1920 g/mol. The minimum atomic E-state index is -5.00. The number of rotatable bonds is 31. The van der Waals surface area contributed by atoms with Crippen LogP contribution in [0.4, 0.5) is 35.1 Å². The summed E-state index contributed by atoms with van der Waals surface area (Å²) in [6.07, 6.45) is -6.12. The van der Waals surface area contributed by atoms with Crippen LogP contribution in [0.1, 0.15) is 122 Å². The third-order valence-electron chi connectivity index (χ3n) is 20.8. The number of nitrogens with two attached hydrogens (primary N) is 1. The Kier molecular flexibility index (Phi) is 42.3. The summed E-state index contributed by atoms with van der Waals surface area (Å²) in [5.74, 6) is -1.34. The summed E-state index contributed by atoms with van der Waals surface area (Å²) in [7, 11) is -10.6. The molecule has 0 spiro atoms. The number of benzene rings is 8. The van der Waals surface area contributed by atoms with Crippen molar-refractivity contribution in [3.05, 3.63) is 350 Å². The molecule has 0 radical (unpaired) electrons. The zero-order valence-corrected chi connectivity index (χ0v) is 83.9. The number of fused-ring (bicyclic) bond motifs is 3. The van der Waals surface area contributed by atoms with Crippen LogP contribution < -0.4 is 93.3 Å². The van der Waals surface area contributed by atoms with Crippen LogP contribution in [0.3, 0.4) is 0 Å².